The number of piperazine rings is 1. The fourth-order valence-electron chi connectivity index (χ4n) is 2.60. The molecular weight excluding hydrogens is 302 g/mol. The van der Waals surface area contributed by atoms with Crippen molar-refractivity contribution in [2.24, 2.45) is 0 Å². The molecule has 126 valence electrons. The van der Waals surface area contributed by atoms with Gasteiger partial charge < -0.3 is 19.7 Å². The van der Waals surface area contributed by atoms with Gasteiger partial charge in [-0.1, -0.05) is 0 Å². The highest BCUT2D eigenvalue weighted by Gasteiger charge is 2.21. The molecule has 0 atom stereocenters. The van der Waals surface area contributed by atoms with E-state index in [9.17, 15) is 14.9 Å². The summed E-state index contributed by atoms with van der Waals surface area (Å²) in [6.07, 6.45) is 0.677. The van der Waals surface area contributed by atoms with Crippen molar-refractivity contribution < 1.29 is 19.2 Å². The molecule has 1 aliphatic heterocycles. The summed E-state index contributed by atoms with van der Waals surface area (Å²) >= 11 is 0. The molecule has 1 N–H and O–H groups in total. The van der Waals surface area contributed by atoms with E-state index in [-0.39, 0.29) is 17.3 Å². The van der Waals surface area contributed by atoms with Gasteiger partial charge in [-0.3, -0.25) is 14.9 Å². The lowest BCUT2D eigenvalue weighted by molar-refractivity contribution is -0.385. The quantitative estimate of drug-likeness (QED) is 0.619. The normalized spacial score (nSPS) is 14.4. The Morgan fingerprint density at radius 2 is 1.91 bits per heavy atom. The Labute approximate surface area is 134 Å². The number of carbonyl (C=O) groups excluding carboxylic acids is 1. The lowest BCUT2D eigenvalue weighted by Crippen LogP contribution is -2.46. The Morgan fingerprint density at radius 1 is 1.26 bits per heavy atom. The SMILES string of the molecule is COc1cc(OC)c([N+](=O)[O-])cc1CCC(=O)N1CCNCC1. The Kier molecular flexibility index (Phi) is 5.75. The van der Waals surface area contributed by atoms with Crippen LogP contribution in [0.15, 0.2) is 12.1 Å². The van der Waals surface area contributed by atoms with Gasteiger partial charge in [-0.05, 0) is 6.42 Å². The number of nitrogens with one attached hydrogen (secondary N) is 1. The molecule has 1 aliphatic rings. The van der Waals surface area contributed by atoms with Crippen LogP contribution in [-0.4, -0.2) is 56.1 Å². The van der Waals surface area contributed by atoms with Crippen LogP contribution in [0.3, 0.4) is 0 Å². The van der Waals surface area contributed by atoms with Gasteiger partial charge in [0, 0.05) is 50.3 Å². The van der Waals surface area contributed by atoms with E-state index in [1.54, 1.807) is 4.90 Å². The van der Waals surface area contributed by atoms with E-state index >= 15 is 0 Å². The molecule has 1 amide bonds. The first kappa shape index (κ1) is 17.0. The molecule has 23 heavy (non-hydrogen) atoms. The molecule has 0 unspecified atom stereocenters. The summed E-state index contributed by atoms with van der Waals surface area (Å²) < 4.78 is 10.3. The molecule has 1 heterocycles. The van der Waals surface area contributed by atoms with E-state index in [2.05, 4.69) is 5.32 Å². The number of nitrogens with zero attached hydrogens (tertiary/aromatic N) is 2. The molecule has 0 bridgehead atoms. The molecule has 1 saturated heterocycles. The van der Waals surface area contributed by atoms with E-state index in [0.717, 1.165) is 13.1 Å². The number of benzene rings is 1. The second kappa shape index (κ2) is 7.77. The zero-order chi connectivity index (χ0) is 16.8. The van der Waals surface area contributed by atoms with Gasteiger partial charge in [0.05, 0.1) is 19.1 Å². The summed E-state index contributed by atoms with van der Waals surface area (Å²) in [5.74, 6) is 0.677. The molecular formula is C15H21N3O5. The molecule has 0 spiro atoms. The van der Waals surface area contributed by atoms with Crippen molar-refractivity contribution in [3.63, 3.8) is 0 Å². The summed E-state index contributed by atoms with van der Waals surface area (Å²) in [7, 11) is 2.86. The van der Waals surface area contributed by atoms with Gasteiger partial charge >= 0.3 is 5.69 Å². The smallest absolute Gasteiger partial charge is 0.311 e. The summed E-state index contributed by atoms with van der Waals surface area (Å²) in [4.78, 5) is 24.6. The first-order chi connectivity index (χ1) is 11.1. The van der Waals surface area contributed by atoms with Gasteiger partial charge in [-0.2, -0.15) is 0 Å². The number of methoxy groups -OCH3 is 2. The summed E-state index contributed by atoms with van der Waals surface area (Å²) in [5.41, 5.74) is 0.501. The van der Waals surface area contributed by atoms with Gasteiger partial charge in [-0.15, -0.1) is 0 Å². The third kappa shape index (κ3) is 4.10. The number of amides is 1. The van der Waals surface area contributed by atoms with Crippen molar-refractivity contribution in [1.29, 1.82) is 0 Å². The van der Waals surface area contributed by atoms with E-state index in [0.29, 0.717) is 37.2 Å². The molecule has 8 nitrogen and oxygen atoms in total. The maximum atomic E-state index is 12.2. The van der Waals surface area contributed by atoms with Crippen molar-refractivity contribution in [3.8, 4) is 11.5 Å². The monoisotopic (exact) mass is 323 g/mol. The average molecular weight is 323 g/mol. The lowest BCUT2D eigenvalue weighted by Gasteiger charge is -2.27. The van der Waals surface area contributed by atoms with Gasteiger partial charge in [0.1, 0.15) is 5.75 Å². The molecule has 0 aliphatic carbocycles. The minimum atomic E-state index is -0.500. The van der Waals surface area contributed by atoms with Crippen LogP contribution in [0.2, 0.25) is 0 Å². The topological polar surface area (TPSA) is 93.9 Å². The van der Waals surface area contributed by atoms with Crippen LogP contribution in [0.25, 0.3) is 0 Å². The Bertz CT molecular complexity index is 585. The highest BCUT2D eigenvalue weighted by Crippen LogP contribution is 2.35. The maximum Gasteiger partial charge on any atom is 0.311 e. The van der Waals surface area contributed by atoms with Crippen LogP contribution in [-0.2, 0) is 11.2 Å². The van der Waals surface area contributed by atoms with Gasteiger partial charge in [-0.25, -0.2) is 0 Å². The highest BCUT2D eigenvalue weighted by atomic mass is 16.6. The maximum absolute atomic E-state index is 12.2. The van der Waals surface area contributed by atoms with Gasteiger partial charge in [0.15, 0.2) is 0 Å². The third-order valence-corrected chi connectivity index (χ3v) is 3.86. The molecule has 0 saturated carbocycles. The number of nitro benzene ring substituents is 1. The summed E-state index contributed by atoms with van der Waals surface area (Å²) in [5, 5.41) is 14.3. The first-order valence-electron chi connectivity index (χ1n) is 7.44. The lowest BCUT2D eigenvalue weighted by atomic mass is 10.1. The first-order valence-corrected chi connectivity index (χ1v) is 7.44. The second-order valence-corrected chi connectivity index (χ2v) is 5.22. The molecule has 0 radical (unpaired) electrons. The van der Waals surface area contributed by atoms with E-state index in [1.807, 2.05) is 0 Å². The predicted octanol–water partition coefficient (Wildman–Crippen LogP) is 0.976. The average Bonchev–Trinajstić information content (AvgIpc) is 2.59. The number of nitro groups is 1. The van der Waals surface area contributed by atoms with E-state index in [1.165, 1.54) is 26.4 Å². The number of carbonyl (C=O) groups is 1. The van der Waals surface area contributed by atoms with Crippen molar-refractivity contribution in [3.05, 3.63) is 27.8 Å². The van der Waals surface area contributed by atoms with Crippen LogP contribution in [0.4, 0.5) is 5.69 Å². The largest absolute Gasteiger partial charge is 0.496 e. The molecule has 8 heteroatoms. The molecule has 1 aromatic carbocycles. The minimum absolute atomic E-state index is 0.0482. The highest BCUT2D eigenvalue weighted by molar-refractivity contribution is 5.76. The second-order valence-electron chi connectivity index (χ2n) is 5.22. The van der Waals surface area contributed by atoms with Crippen LogP contribution < -0.4 is 14.8 Å². The molecule has 2 rings (SSSR count). The molecule has 0 aromatic heterocycles. The number of hydrogen-bond acceptors (Lipinski definition) is 6. The van der Waals surface area contributed by atoms with Crippen LogP contribution in [0.5, 0.6) is 11.5 Å². The van der Waals surface area contributed by atoms with Crippen molar-refractivity contribution >= 4 is 11.6 Å². The number of aryl methyl sites for hydroxylation is 1. The third-order valence-electron chi connectivity index (χ3n) is 3.86. The van der Waals surface area contributed by atoms with Crippen LogP contribution in [0.1, 0.15) is 12.0 Å². The fraction of sp³-hybridized carbons (Fsp3) is 0.533. The fourth-order valence-corrected chi connectivity index (χ4v) is 2.60. The van der Waals surface area contributed by atoms with E-state index < -0.39 is 4.92 Å². The zero-order valence-corrected chi connectivity index (χ0v) is 13.3. The number of rotatable bonds is 6. The summed E-state index contributed by atoms with van der Waals surface area (Å²) in [6.45, 7) is 2.98. The van der Waals surface area contributed by atoms with Crippen molar-refractivity contribution in [2.45, 2.75) is 12.8 Å². The standard InChI is InChI=1S/C15H21N3O5/c1-22-13-10-14(23-2)12(18(20)21)9-11(13)3-4-15(19)17-7-5-16-6-8-17/h9-10,16H,3-8H2,1-2H3. The Balaban J connectivity index is 2.13. The number of ether oxygens (including phenoxy) is 2. The van der Waals surface area contributed by atoms with Crippen molar-refractivity contribution in [2.75, 3.05) is 40.4 Å². The molecule has 1 fully saturated rings. The Morgan fingerprint density at radius 3 is 2.48 bits per heavy atom. The predicted molar refractivity (Wildman–Crippen MR) is 84.0 cm³/mol. The minimum Gasteiger partial charge on any atom is -0.496 e. The Hall–Kier alpha value is -2.35. The number of hydrogen-bond donors (Lipinski definition) is 1. The van der Waals surface area contributed by atoms with Gasteiger partial charge in [0.2, 0.25) is 11.7 Å². The summed E-state index contributed by atoms with van der Waals surface area (Å²) in [6, 6.07) is 2.91. The van der Waals surface area contributed by atoms with Crippen molar-refractivity contribution in [1.82, 2.24) is 10.2 Å². The zero-order valence-electron chi connectivity index (χ0n) is 13.3. The van der Waals surface area contributed by atoms with Gasteiger partial charge in [0.25, 0.3) is 0 Å². The molecule has 1 aromatic rings. The van der Waals surface area contributed by atoms with Crippen LogP contribution >= 0.6 is 0 Å². The van der Waals surface area contributed by atoms with E-state index in [4.69, 9.17) is 9.47 Å². The van der Waals surface area contributed by atoms with Crippen LogP contribution in [0, 0.1) is 10.1 Å².